The van der Waals surface area contributed by atoms with Gasteiger partial charge in [0.05, 0.1) is 12.9 Å². The normalized spacial score (nSPS) is 10.1. The van der Waals surface area contributed by atoms with E-state index in [0.29, 0.717) is 5.75 Å². The van der Waals surface area contributed by atoms with Gasteiger partial charge in [0.2, 0.25) is 5.91 Å². The minimum atomic E-state index is -0.0691. The number of ether oxygens (including phenoxy) is 1. The Morgan fingerprint density at radius 2 is 2.22 bits per heavy atom. The summed E-state index contributed by atoms with van der Waals surface area (Å²) in [6, 6.07) is 7.19. The third-order valence-corrected chi connectivity index (χ3v) is 3.90. The quantitative estimate of drug-likeness (QED) is 0.852. The molecular formula is C11H11N3O2S2. The molecule has 0 atom stereocenters. The number of thioether (sulfide) groups is 1. The van der Waals surface area contributed by atoms with E-state index in [0.717, 1.165) is 15.8 Å². The molecule has 0 spiro atoms. The second kappa shape index (κ2) is 6.36. The molecule has 0 fully saturated rings. The fourth-order valence-corrected chi connectivity index (χ4v) is 2.51. The van der Waals surface area contributed by atoms with E-state index in [9.17, 15) is 4.79 Å². The SMILES string of the molecule is COc1ccc(NC(=O)CSc2nncs2)cc1. The lowest BCUT2D eigenvalue weighted by atomic mass is 10.3. The highest BCUT2D eigenvalue weighted by atomic mass is 32.2. The van der Waals surface area contributed by atoms with Crippen molar-refractivity contribution in [2.75, 3.05) is 18.2 Å². The average Bonchev–Trinajstić information content (AvgIpc) is 2.90. The minimum Gasteiger partial charge on any atom is -0.497 e. The second-order valence-corrected chi connectivity index (χ2v) is 5.33. The molecule has 0 unspecified atom stereocenters. The molecule has 1 amide bonds. The molecule has 0 radical (unpaired) electrons. The summed E-state index contributed by atoms with van der Waals surface area (Å²) in [6.45, 7) is 0. The summed E-state index contributed by atoms with van der Waals surface area (Å²) in [4.78, 5) is 11.7. The first-order valence-corrected chi connectivity index (χ1v) is 6.97. The predicted octanol–water partition coefficient (Wildman–Crippen LogP) is 2.28. The molecule has 7 heteroatoms. The second-order valence-electron chi connectivity index (χ2n) is 3.27. The summed E-state index contributed by atoms with van der Waals surface area (Å²) in [5, 5.41) is 10.4. The molecule has 0 aliphatic heterocycles. The van der Waals surface area contributed by atoms with Gasteiger partial charge in [-0.2, -0.15) is 0 Å². The monoisotopic (exact) mass is 281 g/mol. The Morgan fingerprint density at radius 1 is 1.44 bits per heavy atom. The fourth-order valence-electron chi connectivity index (χ4n) is 1.22. The Balaban J connectivity index is 1.83. The van der Waals surface area contributed by atoms with Crippen LogP contribution in [-0.4, -0.2) is 29.0 Å². The Labute approximate surface area is 113 Å². The summed E-state index contributed by atoms with van der Waals surface area (Å²) in [5.41, 5.74) is 2.39. The van der Waals surface area contributed by atoms with Gasteiger partial charge < -0.3 is 10.1 Å². The molecule has 0 aliphatic carbocycles. The van der Waals surface area contributed by atoms with Crippen molar-refractivity contribution < 1.29 is 9.53 Å². The third-order valence-electron chi connectivity index (χ3n) is 2.04. The average molecular weight is 281 g/mol. The highest BCUT2D eigenvalue weighted by Gasteiger charge is 2.05. The van der Waals surface area contributed by atoms with Crippen molar-refractivity contribution in [3.63, 3.8) is 0 Å². The van der Waals surface area contributed by atoms with Gasteiger partial charge in [0.1, 0.15) is 11.3 Å². The Hall–Kier alpha value is -1.60. The van der Waals surface area contributed by atoms with Crippen LogP contribution in [0.1, 0.15) is 0 Å². The van der Waals surface area contributed by atoms with E-state index in [1.807, 2.05) is 0 Å². The van der Waals surface area contributed by atoms with E-state index in [4.69, 9.17) is 4.74 Å². The summed E-state index contributed by atoms with van der Waals surface area (Å²) in [6.07, 6.45) is 0. The van der Waals surface area contributed by atoms with Gasteiger partial charge in [-0.25, -0.2) is 0 Å². The molecule has 0 bridgehead atoms. The lowest BCUT2D eigenvalue weighted by molar-refractivity contribution is -0.113. The van der Waals surface area contributed by atoms with Crippen molar-refractivity contribution in [1.29, 1.82) is 0 Å². The van der Waals surface area contributed by atoms with Crippen LogP contribution in [0.25, 0.3) is 0 Å². The number of nitrogens with zero attached hydrogens (tertiary/aromatic N) is 2. The van der Waals surface area contributed by atoms with Crippen LogP contribution in [0.3, 0.4) is 0 Å². The van der Waals surface area contributed by atoms with Gasteiger partial charge in [0.15, 0.2) is 4.34 Å². The van der Waals surface area contributed by atoms with Crippen molar-refractivity contribution in [1.82, 2.24) is 10.2 Å². The predicted molar refractivity (Wildman–Crippen MR) is 72.3 cm³/mol. The highest BCUT2D eigenvalue weighted by Crippen LogP contribution is 2.19. The van der Waals surface area contributed by atoms with E-state index in [1.165, 1.54) is 23.1 Å². The summed E-state index contributed by atoms with van der Waals surface area (Å²) in [5.74, 6) is 1.01. The molecule has 2 aromatic rings. The standard InChI is InChI=1S/C11H11N3O2S2/c1-16-9-4-2-8(3-5-9)13-10(15)6-17-11-14-12-7-18-11/h2-5,7H,6H2,1H3,(H,13,15). The van der Waals surface area contributed by atoms with Gasteiger partial charge in [-0.05, 0) is 24.3 Å². The summed E-state index contributed by atoms with van der Waals surface area (Å²) >= 11 is 2.79. The number of rotatable bonds is 5. The zero-order valence-corrected chi connectivity index (χ0v) is 11.3. The summed E-state index contributed by atoms with van der Waals surface area (Å²) in [7, 11) is 1.60. The van der Waals surface area contributed by atoms with Crippen LogP contribution in [0, 0.1) is 0 Å². The largest absolute Gasteiger partial charge is 0.497 e. The van der Waals surface area contributed by atoms with Crippen molar-refractivity contribution in [2.24, 2.45) is 0 Å². The van der Waals surface area contributed by atoms with Crippen LogP contribution < -0.4 is 10.1 Å². The van der Waals surface area contributed by atoms with Gasteiger partial charge in [0, 0.05) is 5.69 Å². The number of anilines is 1. The van der Waals surface area contributed by atoms with Gasteiger partial charge in [-0.1, -0.05) is 23.1 Å². The number of benzene rings is 1. The van der Waals surface area contributed by atoms with Crippen LogP contribution in [0.5, 0.6) is 5.75 Å². The first-order chi connectivity index (χ1) is 8.78. The van der Waals surface area contributed by atoms with Crippen LogP contribution in [0.2, 0.25) is 0 Å². The van der Waals surface area contributed by atoms with Crippen molar-refractivity contribution in [3.8, 4) is 5.75 Å². The molecule has 1 aromatic heterocycles. The summed E-state index contributed by atoms with van der Waals surface area (Å²) < 4.78 is 5.83. The molecule has 18 heavy (non-hydrogen) atoms. The maximum absolute atomic E-state index is 11.7. The molecular weight excluding hydrogens is 270 g/mol. The number of amides is 1. The maximum Gasteiger partial charge on any atom is 0.234 e. The molecule has 0 aliphatic rings. The highest BCUT2D eigenvalue weighted by molar-refractivity contribution is 8.01. The Kier molecular flexibility index (Phi) is 4.54. The van der Waals surface area contributed by atoms with Crippen LogP contribution >= 0.6 is 23.1 Å². The van der Waals surface area contributed by atoms with E-state index in [1.54, 1.807) is 36.9 Å². The number of carbonyl (C=O) groups excluding carboxylic acids is 1. The number of nitrogens with one attached hydrogen (secondary N) is 1. The van der Waals surface area contributed by atoms with E-state index in [-0.39, 0.29) is 5.91 Å². The van der Waals surface area contributed by atoms with Crippen molar-refractivity contribution in [2.45, 2.75) is 4.34 Å². The molecule has 0 saturated carbocycles. The first kappa shape index (κ1) is 12.8. The molecule has 1 N–H and O–H groups in total. The van der Waals surface area contributed by atoms with Crippen molar-refractivity contribution >= 4 is 34.7 Å². The number of hydrogen-bond donors (Lipinski definition) is 1. The van der Waals surface area contributed by atoms with Gasteiger partial charge in [-0.15, -0.1) is 10.2 Å². The smallest absolute Gasteiger partial charge is 0.234 e. The van der Waals surface area contributed by atoms with Crippen LogP contribution in [0.15, 0.2) is 34.1 Å². The molecule has 2 rings (SSSR count). The first-order valence-electron chi connectivity index (χ1n) is 5.11. The molecule has 1 heterocycles. The lowest BCUT2D eigenvalue weighted by Crippen LogP contribution is -2.13. The molecule has 94 valence electrons. The van der Waals surface area contributed by atoms with Gasteiger partial charge >= 0.3 is 0 Å². The number of methoxy groups -OCH3 is 1. The zero-order chi connectivity index (χ0) is 12.8. The topological polar surface area (TPSA) is 64.1 Å². The molecule has 5 nitrogen and oxygen atoms in total. The Morgan fingerprint density at radius 3 is 2.83 bits per heavy atom. The lowest BCUT2D eigenvalue weighted by Gasteiger charge is -2.05. The van der Waals surface area contributed by atoms with Crippen LogP contribution in [0.4, 0.5) is 5.69 Å². The number of aromatic nitrogens is 2. The third kappa shape index (κ3) is 3.71. The molecule has 1 aromatic carbocycles. The van der Waals surface area contributed by atoms with Crippen LogP contribution in [-0.2, 0) is 4.79 Å². The number of carbonyl (C=O) groups is 1. The fraction of sp³-hybridized carbons (Fsp3) is 0.182. The molecule has 0 saturated heterocycles. The number of hydrogen-bond acceptors (Lipinski definition) is 6. The van der Waals surface area contributed by atoms with E-state index < -0.39 is 0 Å². The Bertz CT molecular complexity index is 500. The maximum atomic E-state index is 11.7. The van der Waals surface area contributed by atoms with Crippen molar-refractivity contribution in [3.05, 3.63) is 29.8 Å². The van der Waals surface area contributed by atoms with E-state index in [2.05, 4.69) is 15.5 Å². The van der Waals surface area contributed by atoms with E-state index >= 15 is 0 Å². The van der Waals surface area contributed by atoms with Gasteiger partial charge in [0.25, 0.3) is 0 Å². The minimum absolute atomic E-state index is 0.0691. The zero-order valence-electron chi connectivity index (χ0n) is 9.62. The van der Waals surface area contributed by atoms with Gasteiger partial charge in [-0.3, -0.25) is 4.79 Å².